The molecule has 4 rings (SSSR count). The molecule has 0 aromatic heterocycles. The summed E-state index contributed by atoms with van der Waals surface area (Å²) in [5.41, 5.74) is 3.58. The number of anilines is 1. The summed E-state index contributed by atoms with van der Waals surface area (Å²) in [4.78, 5) is 19.5. The minimum Gasteiger partial charge on any atom is -0.872 e. The standard InChI is InChI=1S/C22H35N5O3/c28-21-8-6-18(7-9-21)23-27(30)20-10-11-24(16-20)17-22(29)26-14-12-25(13-15-26)19-4-2-1-3-5-19/h6-9,19-20,23,28,30H,1-5,10-17H2/p-1/t20-/m1/s1. The van der Waals surface area contributed by atoms with E-state index < -0.39 is 0 Å². The number of hydrazine groups is 1. The summed E-state index contributed by atoms with van der Waals surface area (Å²) >= 11 is 0. The minimum absolute atomic E-state index is 0.0600. The van der Waals surface area contributed by atoms with Crippen LogP contribution in [0.2, 0.25) is 0 Å². The second-order valence-corrected chi connectivity index (χ2v) is 8.87. The third-order valence-electron chi connectivity index (χ3n) is 6.81. The van der Waals surface area contributed by atoms with Crippen molar-refractivity contribution in [2.75, 3.05) is 51.2 Å². The smallest absolute Gasteiger partial charge is 0.236 e. The van der Waals surface area contributed by atoms with Crippen LogP contribution in [0.4, 0.5) is 5.69 Å². The third kappa shape index (κ3) is 5.43. The van der Waals surface area contributed by atoms with Crippen molar-refractivity contribution < 1.29 is 15.1 Å². The molecule has 2 aliphatic heterocycles. The molecule has 0 spiro atoms. The number of carbonyl (C=O) groups is 1. The van der Waals surface area contributed by atoms with E-state index in [9.17, 15) is 15.1 Å². The zero-order chi connectivity index (χ0) is 20.9. The predicted octanol–water partition coefficient (Wildman–Crippen LogP) is 1.33. The van der Waals surface area contributed by atoms with E-state index in [0.717, 1.165) is 50.4 Å². The SMILES string of the molecule is O=C(CN1CC[C@@H](N(O)Nc2ccc([O-])cc2)C1)N1CCN(C2CCCCC2)CC1. The Bertz CT molecular complexity index is 687. The van der Waals surface area contributed by atoms with Crippen molar-refractivity contribution in [1.82, 2.24) is 19.9 Å². The fourth-order valence-electron chi connectivity index (χ4n) is 4.98. The Morgan fingerprint density at radius 2 is 1.73 bits per heavy atom. The second kappa shape index (κ2) is 9.96. The summed E-state index contributed by atoms with van der Waals surface area (Å²) in [5.74, 6) is 0.137. The van der Waals surface area contributed by atoms with E-state index in [4.69, 9.17) is 0 Å². The van der Waals surface area contributed by atoms with Crippen molar-refractivity contribution in [2.24, 2.45) is 0 Å². The molecule has 2 heterocycles. The molecule has 2 N–H and O–H groups in total. The molecular weight excluding hydrogens is 382 g/mol. The lowest BCUT2D eigenvalue weighted by Crippen LogP contribution is -2.54. The Balaban J connectivity index is 1.19. The second-order valence-electron chi connectivity index (χ2n) is 8.87. The zero-order valence-corrected chi connectivity index (χ0v) is 17.7. The lowest BCUT2D eigenvalue weighted by Gasteiger charge is -2.41. The van der Waals surface area contributed by atoms with Crippen LogP contribution in [0.25, 0.3) is 0 Å². The Labute approximate surface area is 179 Å². The molecule has 8 nitrogen and oxygen atoms in total. The summed E-state index contributed by atoms with van der Waals surface area (Å²) in [6, 6.07) is 6.85. The number of carbonyl (C=O) groups excluding carboxylic acids is 1. The van der Waals surface area contributed by atoms with Crippen LogP contribution < -0.4 is 10.5 Å². The first-order chi connectivity index (χ1) is 14.6. The molecule has 1 saturated carbocycles. The van der Waals surface area contributed by atoms with Crippen LogP contribution in [-0.4, -0.2) is 88.9 Å². The largest absolute Gasteiger partial charge is 0.872 e. The van der Waals surface area contributed by atoms with Crippen molar-refractivity contribution in [3.63, 3.8) is 0 Å². The Morgan fingerprint density at radius 1 is 1.03 bits per heavy atom. The van der Waals surface area contributed by atoms with Gasteiger partial charge in [-0.05, 0) is 31.4 Å². The molecule has 1 amide bonds. The number of hydroxylamine groups is 1. The van der Waals surface area contributed by atoms with E-state index in [1.54, 1.807) is 12.1 Å². The fraction of sp³-hybridized carbons (Fsp3) is 0.682. The highest BCUT2D eigenvalue weighted by Gasteiger charge is 2.31. The molecule has 1 aliphatic carbocycles. The quantitative estimate of drug-likeness (QED) is 0.677. The average molecular weight is 417 g/mol. The van der Waals surface area contributed by atoms with Crippen molar-refractivity contribution in [2.45, 2.75) is 50.6 Å². The van der Waals surface area contributed by atoms with E-state index in [-0.39, 0.29) is 17.7 Å². The van der Waals surface area contributed by atoms with Crippen LogP contribution in [0.5, 0.6) is 5.75 Å². The van der Waals surface area contributed by atoms with Crippen LogP contribution >= 0.6 is 0 Å². The minimum atomic E-state index is -0.0899. The van der Waals surface area contributed by atoms with Gasteiger partial charge in [0.25, 0.3) is 0 Å². The van der Waals surface area contributed by atoms with Gasteiger partial charge < -0.3 is 10.0 Å². The number of hydrogen-bond donors (Lipinski definition) is 2. The van der Waals surface area contributed by atoms with E-state index in [0.29, 0.717) is 18.8 Å². The number of rotatable bonds is 6. The Kier molecular flexibility index (Phi) is 7.09. The van der Waals surface area contributed by atoms with E-state index in [1.807, 2.05) is 4.90 Å². The third-order valence-corrected chi connectivity index (χ3v) is 6.81. The number of nitrogens with zero attached hydrogens (tertiary/aromatic N) is 4. The molecule has 1 atom stereocenters. The maximum atomic E-state index is 12.8. The van der Waals surface area contributed by atoms with Crippen molar-refractivity contribution in [3.05, 3.63) is 24.3 Å². The number of piperazine rings is 1. The normalized spacial score (nSPS) is 24.5. The molecule has 0 radical (unpaired) electrons. The first kappa shape index (κ1) is 21.4. The van der Waals surface area contributed by atoms with Gasteiger partial charge in [0.2, 0.25) is 5.91 Å². The summed E-state index contributed by atoms with van der Waals surface area (Å²) in [7, 11) is 0. The van der Waals surface area contributed by atoms with Gasteiger partial charge in [-0.3, -0.25) is 25.2 Å². The molecule has 3 fully saturated rings. The van der Waals surface area contributed by atoms with E-state index in [2.05, 4.69) is 15.2 Å². The van der Waals surface area contributed by atoms with Gasteiger partial charge >= 0.3 is 0 Å². The Hall–Kier alpha value is -1.87. The zero-order valence-electron chi connectivity index (χ0n) is 17.7. The van der Waals surface area contributed by atoms with Crippen molar-refractivity contribution >= 4 is 11.6 Å². The highest BCUT2D eigenvalue weighted by atomic mass is 16.5. The van der Waals surface area contributed by atoms with Gasteiger partial charge in [0.15, 0.2) is 0 Å². The lowest BCUT2D eigenvalue weighted by atomic mass is 9.94. The van der Waals surface area contributed by atoms with Crippen LogP contribution in [-0.2, 0) is 4.79 Å². The summed E-state index contributed by atoms with van der Waals surface area (Å²) < 4.78 is 0. The number of nitrogens with one attached hydrogen (secondary N) is 1. The molecule has 0 bridgehead atoms. The molecule has 0 unspecified atom stereocenters. The van der Waals surface area contributed by atoms with Gasteiger partial charge in [-0.15, -0.1) is 10.9 Å². The maximum absolute atomic E-state index is 12.8. The Morgan fingerprint density at radius 3 is 2.43 bits per heavy atom. The molecule has 2 saturated heterocycles. The number of likely N-dealkylation sites (tertiary alicyclic amines) is 1. The summed E-state index contributed by atoms with van der Waals surface area (Å²) in [5, 5.41) is 22.6. The molecule has 1 aromatic rings. The van der Waals surface area contributed by atoms with Gasteiger partial charge in [0.05, 0.1) is 18.3 Å². The first-order valence-corrected chi connectivity index (χ1v) is 11.3. The number of benzene rings is 1. The van der Waals surface area contributed by atoms with Gasteiger partial charge in [-0.2, -0.15) is 0 Å². The summed E-state index contributed by atoms with van der Waals surface area (Å²) in [6.07, 6.45) is 7.48. The van der Waals surface area contributed by atoms with Crippen molar-refractivity contribution in [3.8, 4) is 5.75 Å². The lowest BCUT2D eigenvalue weighted by molar-refractivity contribution is -0.268. The molecule has 1 aromatic carbocycles. The fourth-order valence-corrected chi connectivity index (χ4v) is 4.98. The first-order valence-electron chi connectivity index (χ1n) is 11.3. The van der Waals surface area contributed by atoms with E-state index >= 15 is 0 Å². The van der Waals surface area contributed by atoms with E-state index in [1.165, 1.54) is 44.2 Å². The van der Waals surface area contributed by atoms with Gasteiger partial charge in [-0.1, -0.05) is 31.4 Å². The number of amides is 1. The molecule has 8 heteroatoms. The topological polar surface area (TPSA) is 85.3 Å². The predicted molar refractivity (Wildman–Crippen MR) is 113 cm³/mol. The van der Waals surface area contributed by atoms with Crippen LogP contribution in [0.1, 0.15) is 38.5 Å². The molecule has 166 valence electrons. The van der Waals surface area contributed by atoms with Gasteiger partial charge in [0, 0.05) is 45.3 Å². The number of hydrogen-bond acceptors (Lipinski definition) is 7. The maximum Gasteiger partial charge on any atom is 0.236 e. The van der Waals surface area contributed by atoms with Crippen LogP contribution in [0.3, 0.4) is 0 Å². The molecule has 3 aliphatic rings. The molecule has 30 heavy (non-hydrogen) atoms. The average Bonchev–Trinajstić information content (AvgIpc) is 3.25. The van der Waals surface area contributed by atoms with Gasteiger partial charge in [-0.25, -0.2) is 0 Å². The molecular formula is C22H34N5O3-. The highest BCUT2D eigenvalue weighted by Crippen LogP contribution is 2.24. The van der Waals surface area contributed by atoms with Crippen molar-refractivity contribution in [1.29, 1.82) is 0 Å². The van der Waals surface area contributed by atoms with Crippen LogP contribution in [0, 0.1) is 0 Å². The highest BCUT2D eigenvalue weighted by molar-refractivity contribution is 5.78. The summed E-state index contributed by atoms with van der Waals surface area (Å²) in [6.45, 7) is 5.49. The van der Waals surface area contributed by atoms with Gasteiger partial charge in [0.1, 0.15) is 0 Å². The monoisotopic (exact) mass is 416 g/mol. The van der Waals surface area contributed by atoms with Crippen LogP contribution in [0.15, 0.2) is 24.3 Å².